The summed E-state index contributed by atoms with van der Waals surface area (Å²) in [5, 5.41) is 2.93. The standard InChI is InChI=1S/C15H17N3O2/c1-18-9-16-13-8-11(4-7-14(13)18)17-15(20)10-2-5-12(19)6-3-10/h4,7-10H,2-3,5-6H2,1H3,(H,17,20). The van der Waals surface area contributed by atoms with Crippen LogP contribution in [-0.4, -0.2) is 21.2 Å². The van der Waals surface area contributed by atoms with E-state index in [-0.39, 0.29) is 17.6 Å². The van der Waals surface area contributed by atoms with Crippen molar-refractivity contribution in [2.24, 2.45) is 13.0 Å². The SMILES string of the molecule is Cn1cnc2cc(NC(=O)C3CCC(=O)CC3)ccc21. The van der Waals surface area contributed by atoms with Crippen LogP contribution in [0.15, 0.2) is 24.5 Å². The molecule has 20 heavy (non-hydrogen) atoms. The van der Waals surface area contributed by atoms with Gasteiger partial charge in [0.05, 0.1) is 17.4 Å². The predicted octanol–water partition coefficient (Wildman–Crippen LogP) is 2.27. The number of carbonyl (C=O) groups excluding carboxylic acids is 2. The lowest BCUT2D eigenvalue weighted by Gasteiger charge is -2.20. The monoisotopic (exact) mass is 271 g/mol. The number of nitrogens with one attached hydrogen (secondary N) is 1. The van der Waals surface area contributed by atoms with Crippen molar-refractivity contribution in [2.45, 2.75) is 25.7 Å². The van der Waals surface area contributed by atoms with Crippen LogP contribution in [-0.2, 0) is 16.6 Å². The topological polar surface area (TPSA) is 64.0 Å². The second-order valence-corrected chi connectivity index (χ2v) is 5.36. The molecule has 0 unspecified atom stereocenters. The molecule has 0 atom stereocenters. The van der Waals surface area contributed by atoms with E-state index in [1.165, 1.54) is 0 Å². The van der Waals surface area contributed by atoms with E-state index in [1.807, 2.05) is 29.8 Å². The van der Waals surface area contributed by atoms with Crippen molar-refractivity contribution in [1.82, 2.24) is 9.55 Å². The largest absolute Gasteiger partial charge is 0.334 e. The first-order chi connectivity index (χ1) is 9.63. The number of fused-ring (bicyclic) bond motifs is 1. The van der Waals surface area contributed by atoms with Crippen LogP contribution < -0.4 is 5.32 Å². The Balaban J connectivity index is 1.72. The second-order valence-electron chi connectivity index (χ2n) is 5.36. The summed E-state index contributed by atoms with van der Waals surface area (Å²) in [6.07, 6.45) is 4.13. The van der Waals surface area contributed by atoms with Gasteiger partial charge in [0.2, 0.25) is 5.91 Å². The lowest BCUT2D eigenvalue weighted by atomic mass is 9.88. The lowest BCUT2D eigenvalue weighted by Crippen LogP contribution is -2.27. The summed E-state index contributed by atoms with van der Waals surface area (Å²) in [6, 6.07) is 5.71. The van der Waals surface area contributed by atoms with Gasteiger partial charge in [0, 0.05) is 31.5 Å². The molecular weight excluding hydrogens is 254 g/mol. The number of amides is 1. The van der Waals surface area contributed by atoms with Crippen LogP contribution in [0.3, 0.4) is 0 Å². The molecule has 1 saturated carbocycles. The minimum atomic E-state index is -0.0490. The molecule has 1 aromatic heterocycles. The van der Waals surface area contributed by atoms with Crippen molar-refractivity contribution >= 4 is 28.4 Å². The fraction of sp³-hybridized carbons (Fsp3) is 0.400. The van der Waals surface area contributed by atoms with E-state index in [0.717, 1.165) is 16.7 Å². The average molecular weight is 271 g/mol. The van der Waals surface area contributed by atoms with Gasteiger partial charge in [-0.25, -0.2) is 4.98 Å². The fourth-order valence-corrected chi connectivity index (χ4v) is 2.66. The van der Waals surface area contributed by atoms with Crippen LogP contribution in [0.2, 0.25) is 0 Å². The average Bonchev–Trinajstić information content (AvgIpc) is 2.81. The fourth-order valence-electron chi connectivity index (χ4n) is 2.66. The highest BCUT2D eigenvalue weighted by atomic mass is 16.2. The third-order valence-electron chi connectivity index (χ3n) is 3.91. The molecule has 1 aliphatic rings. The molecule has 5 heteroatoms. The first kappa shape index (κ1) is 12.8. The minimum Gasteiger partial charge on any atom is -0.334 e. The maximum Gasteiger partial charge on any atom is 0.227 e. The van der Waals surface area contributed by atoms with Gasteiger partial charge in [-0.2, -0.15) is 0 Å². The zero-order chi connectivity index (χ0) is 14.1. The van der Waals surface area contributed by atoms with E-state index >= 15 is 0 Å². The predicted molar refractivity (Wildman–Crippen MR) is 76.3 cm³/mol. The summed E-state index contributed by atoms with van der Waals surface area (Å²) in [5.41, 5.74) is 2.66. The first-order valence-electron chi connectivity index (χ1n) is 6.87. The van der Waals surface area contributed by atoms with Crippen LogP contribution in [0.4, 0.5) is 5.69 Å². The highest BCUT2D eigenvalue weighted by molar-refractivity contribution is 5.95. The lowest BCUT2D eigenvalue weighted by molar-refractivity contribution is -0.125. The Morgan fingerprint density at radius 1 is 1.35 bits per heavy atom. The molecule has 1 aromatic carbocycles. The summed E-state index contributed by atoms with van der Waals surface area (Å²) in [4.78, 5) is 27.6. The number of carbonyl (C=O) groups is 2. The van der Waals surface area contributed by atoms with Gasteiger partial charge < -0.3 is 9.88 Å². The summed E-state index contributed by atoms with van der Waals surface area (Å²) >= 11 is 0. The third kappa shape index (κ3) is 2.43. The first-order valence-corrected chi connectivity index (χ1v) is 6.87. The molecule has 1 N–H and O–H groups in total. The van der Waals surface area contributed by atoms with Gasteiger partial charge in [0.25, 0.3) is 0 Å². The number of hydrogen-bond acceptors (Lipinski definition) is 3. The number of aromatic nitrogens is 2. The van der Waals surface area contributed by atoms with Crippen molar-refractivity contribution in [3.63, 3.8) is 0 Å². The Hall–Kier alpha value is -2.17. The number of nitrogens with zero attached hydrogens (tertiary/aromatic N) is 2. The van der Waals surface area contributed by atoms with Gasteiger partial charge in [0.1, 0.15) is 5.78 Å². The molecule has 0 aliphatic heterocycles. The van der Waals surface area contributed by atoms with Gasteiger partial charge in [-0.05, 0) is 31.0 Å². The number of anilines is 1. The van der Waals surface area contributed by atoms with E-state index in [0.29, 0.717) is 25.7 Å². The van der Waals surface area contributed by atoms with E-state index in [4.69, 9.17) is 0 Å². The highest BCUT2D eigenvalue weighted by Gasteiger charge is 2.24. The number of Topliss-reactive ketones (excluding diaryl/α,β-unsaturated/α-hetero) is 1. The van der Waals surface area contributed by atoms with E-state index in [2.05, 4.69) is 10.3 Å². The Morgan fingerprint density at radius 3 is 2.85 bits per heavy atom. The summed E-state index contributed by atoms with van der Waals surface area (Å²) in [7, 11) is 1.94. The van der Waals surface area contributed by atoms with Gasteiger partial charge in [-0.1, -0.05) is 0 Å². The molecule has 3 rings (SSSR count). The van der Waals surface area contributed by atoms with Gasteiger partial charge in [-0.15, -0.1) is 0 Å². The number of rotatable bonds is 2. The molecule has 0 bridgehead atoms. The molecule has 0 saturated heterocycles. The summed E-state index contributed by atoms with van der Waals surface area (Å²) in [6.45, 7) is 0. The normalized spacial score (nSPS) is 16.6. The molecule has 1 heterocycles. The molecule has 1 fully saturated rings. The minimum absolute atomic E-state index is 0.00720. The summed E-state index contributed by atoms with van der Waals surface area (Å²) < 4.78 is 1.94. The Labute approximate surface area is 117 Å². The number of ketones is 1. The smallest absolute Gasteiger partial charge is 0.227 e. The Kier molecular flexibility index (Phi) is 3.26. The van der Waals surface area contributed by atoms with Crippen LogP contribution in [0.5, 0.6) is 0 Å². The van der Waals surface area contributed by atoms with Crippen LogP contribution in [0, 0.1) is 5.92 Å². The second kappa shape index (κ2) is 5.07. The third-order valence-corrected chi connectivity index (χ3v) is 3.91. The van der Waals surface area contributed by atoms with E-state index in [9.17, 15) is 9.59 Å². The quantitative estimate of drug-likeness (QED) is 0.911. The van der Waals surface area contributed by atoms with Crippen molar-refractivity contribution < 1.29 is 9.59 Å². The van der Waals surface area contributed by atoms with Crippen LogP contribution in [0.25, 0.3) is 11.0 Å². The molecular formula is C15H17N3O2. The Morgan fingerprint density at radius 2 is 2.10 bits per heavy atom. The molecule has 1 aliphatic carbocycles. The summed E-state index contributed by atoms with van der Waals surface area (Å²) in [5.74, 6) is 0.226. The molecule has 2 aromatic rings. The Bertz CT molecular complexity index is 665. The zero-order valence-electron chi connectivity index (χ0n) is 11.4. The van der Waals surface area contributed by atoms with Crippen molar-refractivity contribution in [3.05, 3.63) is 24.5 Å². The molecule has 0 radical (unpaired) electrons. The van der Waals surface area contributed by atoms with Crippen molar-refractivity contribution in [1.29, 1.82) is 0 Å². The molecule has 104 valence electrons. The number of aryl methyl sites for hydroxylation is 1. The zero-order valence-corrected chi connectivity index (χ0v) is 11.4. The highest BCUT2D eigenvalue weighted by Crippen LogP contribution is 2.24. The van der Waals surface area contributed by atoms with Gasteiger partial charge in [0.15, 0.2) is 0 Å². The van der Waals surface area contributed by atoms with Crippen LogP contribution >= 0.6 is 0 Å². The molecule has 5 nitrogen and oxygen atoms in total. The van der Waals surface area contributed by atoms with Crippen LogP contribution in [0.1, 0.15) is 25.7 Å². The number of hydrogen-bond donors (Lipinski definition) is 1. The maximum atomic E-state index is 12.2. The molecule has 1 amide bonds. The molecule has 0 spiro atoms. The number of imidazole rings is 1. The van der Waals surface area contributed by atoms with Gasteiger partial charge >= 0.3 is 0 Å². The maximum absolute atomic E-state index is 12.2. The van der Waals surface area contributed by atoms with Crippen molar-refractivity contribution in [2.75, 3.05) is 5.32 Å². The number of benzene rings is 1. The van der Waals surface area contributed by atoms with E-state index < -0.39 is 0 Å². The van der Waals surface area contributed by atoms with Gasteiger partial charge in [-0.3, -0.25) is 9.59 Å². The van der Waals surface area contributed by atoms with E-state index in [1.54, 1.807) is 6.33 Å². The van der Waals surface area contributed by atoms with Crippen molar-refractivity contribution in [3.8, 4) is 0 Å².